The summed E-state index contributed by atoms with van der Waals surface area (Å²) in [5.74, 6) is 0.342. The van der Waals surface area contributed by atoms with E-state index in [9.17, 15) is 9.59 Å². The van der Waals surface area contributed by atoms with Crippen LogP contribution in [0.1, 0.15) is 24.8 Å². The van der Waals surface area contributed by atoms with Crippen molar-refractivity contribution in [1.29, 1.82) is 0 Å². The molecule has 2 fully saturated rings. The van der Waals surface area contributed by atoms with Gasteiger partial charge in [0.25, 0.3) is 0 Å². The molecule has 2 aliphatic rings. The Morgan fingerprint density at radius 1 is 1.17 bits per heavy atom. The summed E-state index contributed by atoms with van der Waals surface area (Å²) in [7, 11) is 0. The molecule has 0 radical (unpaired) electrons. The molecule has 124 valence electrons. The Morgan fingerprint density at radius 2 is 2.00 bits per heavy atom. The number of nitrogens with zero attached hydrogens (tertiary/aromatic N) is 2. The Kier molecular flexibility index (Phi) is 5.28. The molecule has 0 saturated carbocycles. The fraction of sp³-hybridized carbons (Fsp3) is 0.556. The van der Waals surface area contributed by atoms with Crippen molar-refractivity contribution in [3.8, 4) is 0 Å². The summed E-state index contributed by atoms with van der Waals surface area (Å²) in [5, 5.41) is 2.83. The van der Waals surface area contributed by atoms with Crippen molar-refractivity contribution in [2.45, 2.75) is 25.8 Å². The highest BCUT2D eigenvalue weighted by molar-refractivity contribution is 5.81. The van der Waals surface area contributed by atoms with Gasteiger partial charge in [-0.2, -0.15) is 0 Å². The first-order valence-corrected chi connectivity index (χ1v) is 8.54. The molecule has 1 aromatic carbocycles. The Labute approximate surface area is 137 Å². The Balaban J connectivity index is 1.57. The highest BCUT2D eigenvalue weighted by atomic mass is 16.2. The lowest BCUT2D eigenvalue weighted by Crippen LogP contribution is -2.45. The van der Waals surface area contributed by atoms with Crippen molar-refractivity contribution in [2.24, 2.45) is 5.92 Å². The number of rotatable bonds is 3. The molecule has 1 N–H and O–H groups in total. The molecule has 2 amide bonds. The van der Waals surface area contributed by atoms with E-state index in [1.165, 1.54) is 5.56 Å². The van der Waals surface area contributed by atoms with Gasteiger partial charge in [0.15, 0.2) is 0 Å². The lowest BCUT2D eigenvalue weighted by molar-refractivity contribution is -0.137. The molecular weight excluding hydrogens is 290 g/mol. The minimum absolute atomic E-state index is 0.0506. The lowest BCUT2D eigenvalue weighted by atomic mass is 9.96. The van der Waals surface area contributed by atoms with E-state index in [1.807, 2.05) is 11.0 Å². The van der Waals surface area contributed by atoms with Crippen LogP contribution < -0.4 is 5.32 Å². The van der Waals surface area contributed by atoms with Gasteiger partial charge in [-0.25, -0.2) is 0 Å². The van der Waals surface area contributed by atoms with E-state index >= 15 is 0 Å². The van der Waals surface area contributed by atoms with Gasteiger partial charge < -0.3 is 10.2 Å². The SMILES string of the molecule is O=C1CCN(C(=O)C2CCCN(Cc3ccccc3)C2)CCN1. The minimum atomic E-state index is 0.0506. The summed E-state index contributed by atoms with van der Waals surface area (Å²) in [6, 6.07) is 10.4. The van der Waals surface area contributed by atoms with Crippen LogP contribution in [-0.4, -0.2) is 54.3 Å². The van der Waals surface area contributed by atoms with Crippen LogP contribution in [0.2, 0.25) is 0 Å². The summed E-state index contributed by atoms with van der Waals surface area (Å²) in [5.41, 5.74) is 1.30. The number of benzene rings is 1. The average Bonchev–Trinajstić information content (AvgIpc) is 2.80. The molecule has 3 rings (SSSR count). The molecule has 2 aliphatic heterocycles. The number of likely N-dealkylation sites (tertiary alicyclic amines) is 1. The first-order valence-electron chi connectivity index (χ1n) is 8.54. The molecule has 23 heavy (non-hydrogen) atoms. The van der Waals surface area contributed by atoms with E-state index in [-0.39, 0.29) is 17.7 Å². The fourth-order valence-corrected chi connectivity index (χ4v) is 3.49. The van der Waals surface area contributed by atoms with Crippen LogP contribution in [0.15, 0.2) is 30.3 Å². The predicted molar refractivity (Wildman–Crippen MR) is 88.6 cm³/mol. The Bertz CT molecular complexity index is 546. The molecule has 0 aliphatic carbocycles. The third-order valence-corrected chi connectivity index (χ3v) is 4.73. The van der Waals surface area contributed by atoms with Crippen LogP contribution >= 0.6 is 0 Å². The van der Waals surface area contributed by atoms with Crippen LogP contribution in [0, 0.1) is 5.92 Å². The number of carbonyl (C=O) groups excluding carboxylic acids is 2. The lowest BCUT2D eigenvalue weighted by Gasteiger charge is -2.34. The van der Waals surface area contributed by atoms with E-state index in [0.717, 1.165) is 32.5 Å². The highest BCUT2D eigenvalue weighted by Gasteiger charge is 2.30. The molecule has 2 heterocycles. The van der Waals surface area contributed by atoms with Crippen molar-refractivity contribution >= 4 is 11.8 Å². The molecule has 1 atom stereocenters. The zero-order valence-electron chi connectivity index (χ0n) is 13.5. The molecule has 1 unspecified atom stereocenters. The van der Waals surface area contributed by atoms with Crippen molar-refractivity contribution in [3.05, 3.63) is 35.9 Å². The van der Waals surface area contributed by atoms with Gasteiger partial charge in [-0.15, -0.1) is 0 Å². The van der Waals surface area contributed by atoms with E-state index in [4.69, 9.17) is 0 Å². The normalized spacial score (nSPS) is 23.2. The fourth-order valence-electron chi connectivity index (χ4n) is 3.49. The molecule has 0 spiro atoms. The maximum atomic E-state index is 12.8. The topological polar surface area (TPSA) is 52.7 Å². The van der Waals surface area contributed by atoms with Gasteiger partial charge in [-0.1, -0.05) is 30.3 Å². The second-order valence-corrected chi connectivity index (χ2v) is 6.49. The minimum Gasteiger partial charge on any atom is -0.354 e. The third kappa shape index (κ3) is 4.32. The standard InChI is InChI=1S/C18H25N3O2/c22-17-8-11-21(12-9-19-17)18(23)16-7-4-10-20(14-16)13-15-5-2-1-3-6-15/h1-3,5-6,16H,4,7-14H2,(H,19,22). The molecule has 0 bridgehead atoms. The van der Waals surface area contributed by atoms with Crippen molar-refractivity contribution in [2.75, 3.05) is 32.7 Å². The quantitative estimate of drug-likeness (QED) is 0.913. The monoisotopic (exact) mass is 315 g/mol. The van der Waals surface area contributed by atoms with Crippen LogP contribution in [0.25, 0.3) is 0 Å². The molecule has 1 aromatic rings. The summed E-state index contributed by atoms with van der Waals surface area (Å²) >= 11 is 0. The van der Waals surface area contributed by atoms with E-state index < -0.39 is 0 Å². The molecular formula is C18H25N3O2. The zero-order chi connectivity index (χ0) is 16.1. The number of piperidine rings is 1. The maximum absolute atomic E-state index is 12.8. The number of nitrogens with one attached hydrogen (secondary N) is 1. The second-order valence-electron chi connectivity index (χ2n) is 6.49. The number of hydrogen-bond donors (Lipinski definition) is 1. The zero-order valence-corrected chi connectivity index (χ0v) is 13.5. The van der Waals surface area contributed by atoms with Crippen LogP contribution in [-0.2, 0) is 16.1 Å². The summed E-state index contributed by atoms with van der Waals surface area (Å²) in [6.07, 6.45) is 2.45. The largest absolute Gasteiger partial charge is 0.354 e. The van der Waals surface area contributed by atoms with Gasteiger partial charge in [0.1, 0.15) is 0 Å². The summed E-state index contributed by atoms with van der Waals surface area (Å²) < 4.78 is 0. The second kappa shape index (κ2) is 7.59. The summed E-state index contributed by atoms with van der Waals surface area (Å²) in [4.78, 5) is 28.4. The average molecular weight is 315 g/mol. The Hall–Kier alpha value is -1.88. The van der Waals surface area contributed by atoms with E-state index in [0.29, 0.717) is 26.1 Å². The first-order chi connectivity index (χ1) is 11.2. The van der Waals surface area contributed by atoms with Crippen molar-refractivity contribution in [1.82, 2.24) is 15.1 Å². The predicted octanol–water partition coefficient (Wildman–Crippen LogP) is 1.25. The molecule has 5 nitrogen and oxygen atoms in total. The highest BCUT2D eigenvalue weighted by Crippen LogP contribution is 2.21. The number of amides is 2. The van der Waals surface area contributed by atoms with Crippen molar-refractivity contribution in [3.63, 3.8) is 0 Å². The number of hydrogen-bond acceptors (Lipinski definition) is 3. The van der Waals surface area contributed by atoms with Crippen LogP contribution in [0.3, 0.4) is 0 Å². The van der Waals surface area contributed by atoms with Gasteiger partial charge in [-0.05, 0) is 24.9 Å². The number of carbonyl (C=O) groups is 2. The van der Waals surface area contributed by atoms with Crippen LogP contribution in [0.4, 0.5) is 0 Å². The third-order valence-electron chi connectivity index (χ3n) is 4.73. The van der Waals surface area contributed by atoms with E-state index in [2.05, 4.69) is 34.5 Å². The Morgan fingerprint density at radius 3 is 2.83 bits per heavy atom. The van der Waals surface area contributed by atoms with Gasteiger partial charge in [0.05, 0.1) is 5.92 Å². The van der Waals surface area contributed by atoms with Gasteiger partial charge in [-0.3, -0.25) is 14.5 Å². The maximum Gasteiger partial charge on any atom is 0.227 e. The van der Waals surface area contributed by atoms with Gasteiger partial charge in [0.2, 0.25) is 11.8 Å². The van der Waals surface area contributed by atoms with E-state index in [1.54, 1.807) is 0 Å². The molecule has 2 saturated heterocycles. The first kappa shape index (κ1) is 16.0. The summed E-state index contributed by atoms with van der Waals surface area (Å²) in [6.45, 7) is 4.56. The van der Waals surface area contributed by atoms with Crippen molar-refractivity contribution < 1.29 is 9.59 Å². The van der Waals surface area contributed by atoms with Gasteiger partial charge >= 0.3 is 0 Å². The van der Waals surface area contributed by atoms with Crippen LogP contribution in [0.5, 0.6) is 0 Å². The smallest absolute Gasteiger partial charge is 0.227 e. The van der Waals surface area contributed by atoms with Gasteiger partial charge in [0, 0.05) is 39.1 Å². The molecule has 0 aromatic heterocycles. The molecule has 5 heteroatoms.